The fourth-order valence-corrected chi connectivity index (χ4v) is 0.919. The first-order valence-corrected chi connectivity index (χ1v) is 4.94. The second-order valence-electron chi connectivity index (χ2n) is 4.20. The molecule has 0 fully saturated rings. The Bertz CT molecular complexity index is 231. The first-order chi connectivity index (χ1) is 6.89. The van der Waals surface area contributed by atoms with Gasteiger partial charge in [0.15, 0.2) is 5.96 Å². The molecule has 0 unspecified atom stereocenters. The summed E-state index contributed by atoms with van der Waals surface area (Å²) in [7, 11) is 3.07. The Balaban J connectivity index is 3.88. The van der Waals surface area contributed by atoms with Gasteiger partial charge in [0.1, 0.15) is 0 Å². The molecule has 0 bridgehead atoms. The SMILES string of the molecule is CN=C(NCCC(=O)OC)NC(C)(C)C. The van der Waals surface area contributed by atoms with Crippen molar-refractivity contribution in [1.29, 1.82) is 0 Å². The van der Waals surface area contributed by atoms with Gasteiger partial charge >= 0.3 is 5.97 Å². The highest BCUT2D eigenvalue weighted by Crippen LogP contribution is 1.97. The highest BCUT2D eigenvalue weighted by Gasteiger charge is 2.11. The number of carbonyl (C=O) groups is 1. The minimum absolute atomic E-state index is 0.0485. The molecule has 0 saturated carbocycles. The Morgan fingerprint density at radius 3 is 2.40 bits per heavy atom. The zero-order valence-corrected chi connectivity index (χ0v) is 10.2. The molecule has 0 aliphatic carbocycles. The van der Waals surface area contributed by atoms with Gasteiger partial charge < -0.3 is 15.4 Å². The number of ether oxygens (including phenoxy) is 1. The first-order valence-electron chi connectivity index (χ1n) is 4.94. The zero-order chi connectivity index (χ0) is 11.9. The molecule has 5 nitrogen and oxygen atoms in total. The fourth-order valence-electron chi connectivity index (χ4n) is 0.919. The van der Waals surface area contributed by atoms with Crippen molar-refractivity contribution in [3.8, 4) is 0 Å². The highest BCUT2D eigenvalue weighted by atomic mass is 16.5. The molecular formula is C10H21N3O2. The van der Waals surface area contributed by atoms with Gasteiger partial charge in [0.2, 0.25) is 0 Å². The van der Waals surface area contributed by atoms with Crippen molar-refractivity contribution in [2.45, 2.75) is 32.7 Å². The van der Waals surface area contributed by atoms with Crippen molar-refractivity contribution in [2.75, 3.05) is 20.7 Å². The van der Waals surface area contributed by atoms with Gasteiger partial charge in [-0.25, -0.2) is 0 Å². The second kappa shape index (κ2) is 6.27. The van der Waals surface area contributed by atoms with Gasteiger partial charge in [0.05, 0.1) is 13.5 Å². The van der Waals surface area contributed by atoms with Crippen molar-refractivity contribution < 1.29 is 9.53 Å². The molecule has 0 aromatic heterocycles. The average Bonchev–Trinajstić information content (AvgIpc) is 2.14. The van der Waals surface area contributed by atoms with Crippen molar-refractivity contribution in [3.05, 3.63) is 0 Å². The number of hydrogen-bond donors (Lipinski definition) is 2. The summed E-state index contributed by atoms with van der Waals surface area (Å²) in [5.41, 5.74) is -0.0485. The van der Waals surface area contributed by atoms with Crippen LogP contribution in [0.3, 0.4) is 0 Å². The van der Waals surface area contributed by atoms with E-state index >= 15 is 0 Å². The lowest BCUT2D eigenvalue weighted by Crippen LogP contribution is -2.47. The van der Waals surface area contributed by atoms with Crippen LogP contribution in [0.15, 0.2) is 4.99 Å². The van der Waals surface area contributed by atoms with Gasteiger partial charge in [-0.3, -0.25) is 9.79 Å². The monoisotopic (exact) mass is 215 g/mol. The Labute approximate surface area is 91.3 Å². The predicted molar refractivity (Wildman–Crippen MR) is 60.9 cm³/mol. The summed E-state index contributed by atoms with van der Waals surface area (Å²) in [5.74, 6) is 0.458. The molecule has 0 atom stereocenters. The lowest BCUT2D eigenvalue weighted by atomic mass is 10.1. The quantitative estimate of drug-likeness (QED) is 0.409. The van der Waals surface area contributed by atoms with E-state index in [0.717, 1.165) is 0 Å². The van der Waals surface area contributed by atoms with E-state index in [1.165, 1.54) is 7.11 Å². The number of hydrogen-bond acceptors (Lipinski definition) is 3. The summed E-state index contributed by atoms with van der Waals surface area (Å²) in [6.45, 7) is 6.64. The predicted octanol–water partition coefficient (Wildman–Crippen LogP) is 0.513. The van der Waals surface area contributed by atoms with Gasteiger partial charge in [0.25, 0.3) is 0 Å². The van der Waals surface area contributed by atoms with Crippen LogP contribution in [-0.4, -0.2) is 38.2 Å². The zero-order valence-electron chi connectivity index (χ0n) is 10.2. The van der Waals surface area contributed by atoms with E-state index < -0.39 is 0 Å². The molecule has 5 heteroatoms. The summed E-state index contributed by atoms with van der Waals surface area (Å²) in [4.78, 5) is 14.9. The molecule has 0 aliphatic rings. The summed E-state index contributed by atoms with van der Waals surface area (Å²) in [6, 6.07) is 0. The number of nitrogens with one attached hydrogen (secondary N) is 2. The summed E-state index contributed by atoms with van der Waals surface area (Å²) >= 11 is 0. The number of aliphatic imine (C=N–C) groups is 1. The molecular weight excluding hydrogens is 194 g/mol. The molecule has 88 valence electrons. The Hall–Kier alpha value is -1.26. The maximum atomic E-state index is 10.8. The fraction of sp³-hybridized carbons (Fsp3) is 0.800. The lowest BCUT2D eigenvalue weighted by molar-refractivity contribution is -0.140. The van der Waals surface area contributed by atoms with E-state index in [-0.39, 0.29) is 11.5 Å². The molecule has 15 heavy (non-hydrogen) atoms. The Morgan fingerprint density at radius 2 is 2.00 bits per heavy atom. The molecule has 0 radical (unpaired) electrons. The van der Waals surface area contributed by atoms with E-state index in [9.17, 15) is 4.79 Å². The van der Waals surface area contributed by atoms with Gasteiger partial charge in [-0.1, -0.05) is 0 Å². The Kier molecular flexibility index (Phi) is 5.74. The van der Waals surface area contributed by atoms with E-state index in [1.54, 1.807) is 7.05 Å². The highest BCUT2D eigenvalue weighted by molar-refractivity contribution is 5.80. The van der Waals surface area contributed by atoms with Crippen LogP contribution in [0.4, 0.5) is 0 Å². The third-order valence-corrected chi connectivity index (χ3v) is 1.57. The minimum atomic E-state index is -0.228. The molecule has 0 saturated heterocycles. The standard InChI is InChI=1S/C10H21N3O2/c1-10(2,3)13-9(11-4)12-7-6-8(14)15-5/h6-7H2,1-5H3,(H2,11,12,13). The molecule has 0 heterocycles. The molecule has 2 N–H and O–H groups in total. The summed E-state index contributed by atoms with van der Waals surface area (Å²) in [6.07, 6.45) is 0.335. The molecule has 0 amide bonds. The number of nitrogens with zero attached hydrogens (tertiary/aromatic N) is 1. The van der Waals surface area contributed by atoms with Gasteiger partial charge in [0, 0.05) is 19.1 Å². The number of guanidine groups is 1. The molecule has 0 aromatic carbocycles. The normalized spacial score (nSPS) is 12.2. The van der Waals surface area contributed by atoms with Crippen LogP contribution < -0.4 is 10.6 Å². The molecule has 0 aromatic rings. The van der Waals surface area contributed by atoms with Crippen LogP contribution in [0, 0.1) is 0 Å². The van der Waals surface area contributed by atoms with Crippen molar-refractivity contribution in [2.24, 2.45) is 4.99 Å². The van der Waals surface area contributed by atoms with Crippen LogP contribution in [0.5, 0.6) is 0 Å². The number of methoxy groups -OCH3 is 1. The lowest BCUT2D eigenvalue weighted by Gasteiger charge is -2.23. The maximum absolute atomic E-state index is 10.8. The van der Waals surface area contributed by atoms with Crippen LogP contribution in [0.2, 0.25) is 0 Å². The van der Waals surface area contributed by atoms with Crippen LogP contribution in [0.1, 0.15) is 27.2 Å². The van der Waals surface area contributed by atoms with Crippen LogP contribution >= 0.6 is 0 Å². The van der Waals surface area contributed by atoms with Gasteiger partial charge in [-0.05, 0) is 20.8 Å². The number of rotatable bonds is 3. The van der Waals surface area contributed by atoms with E-state index in [4.69, 9.17) is 0 Å². The van der Waals surface area contributed by atoms with Crippen molar-refractivity contribution in [3.63, 3.8) is 0 Å². The minimum Gasteiger partial charge on any atom is -0.469 e. The Morgan fingerprint density at radius 1 is 1.40 bits per heavy atom. The molecule has 0 aliphatic heterocycles. The summed E-state index contributed by atoms with van der Waals surface area (Å²) < 4.78 is 4.53. The van der Waals surface area contributed by atoms with Crippen molar-refractivity contribution in [1.82, 2.24) is 10.6 Å². The first kappa shape index (κ1) is 13.7. The van der Waals surface area contributed by atoms with E-state index in [2.05, 4.69) is 20.4 Å². The average molecular weight is 215 g/mol. The van der Waals surface area contributed by atoms with Crippen molar-refractivity contribution >= 4 is 11.9 Å². The van der Waals surface area contributed by atoms with Gasteiger partial charge in [-0.2, -0.15) is 0 Å². The maximum Gasteiger partial charge on any atom is 0.307 e. The second-order valence-corrected chi connectivity index (χ2v) is 4.20. The van der Waals surface area contributed by atoms with Gasteiger partial charge in [-0.15, -0.1) is 0 Å². The van der Waals surface area contributed by atoms with E-state index in [0.29, 0.717) is 18.9 Å². The van der Waals surface area contributed by atoms with E-state index in [1.807, 2.05) is 20.8 Å². The smallest absolute Gasteiger partial charge is 0.307 e. The molecule has 0 rings (SSSR count). The summed E-state index contributed by atoms with van der Waals surface area (Å²) in [5, 5.41) is 6.21. The van der Waals surface area contributed by atoms with Crippen LogP contribution in [0.25, 0.3) is 0 Å². The number of carbonyl (C=O) groups excluding carboxylic acids is 1. The number of esters is 1. The third-order valence-electron chi connectivity index (χ3n) is 1.57. The topological polar surface area (TPSA) is 62.7 Å². The molecule has 0 spiro atoms. The largest absolute Gasteiger partial charge is 0.469 e. The third kappa shape index (κ3) is 7.78. The van der Waals surface area contributed by atoms with Crippen LogP contribution in [-0.2, 0) is 9.53 Å².